The number of β-amino-alcohol motifs (C(OH)–C–C–N with tert-alkyl or cyclic N) is 1. The van der Waals surface area contributed by atoms with Gasteiger partial charge in [-0.2, -0.15) is 0 Å². The molecule has 2 aliphatic rings. The van der Waals surface area contributed by atoms with Crippen LogP contribution in [0.25, 0.3) is 10.9 Å². The number of aliphatic hydroxyl groups excluding tert-OH is 1. The van der Waals surface area contributed by atoms with Crippen LogP contribution in [0.2, 0.25) is 10.0 Å². The Labute approximate surface area is 248 Å². The number of hydrogen-bond donors (Lipinski definition) is 2. The Kier molecular flexibility index (Phi) is 7.42. The molecule has 3 aromatic carbocycles. The Bertz CT molecular complexity index is 1650. The molecule has 0 saturated carbocycles. The van der Waals surface area contributed by atoms with Gasteiger partial charge in [0.05, 0.1) is 19.2 Å². The molecule has 2 amide bonds. The summed E-state index contributed by atoms with van der Waals surface area (Å²) in [4.78, 5) is 32.6. The molecule has 0 aliphatic carbocycles. The van der Waals surface area contributed by atoms with Crippen LogP contribution in [-0.4, -0.2) is 77.7 Å². The Morgan fingerprint density at radius 3 is 2.51 bits per heavy atom. The van der Waals surface area contributed by atoms with Crippen LogP contribution in [0.3, 0.4) is 0 Å². The summed E-state index contributed by atoms with van der Waals surface area (Å²) >= 11 is 12.7. The summed E-state index contributed by atoms with van der Waals surface area (Å²) in [7, 11) is 1.59. The quantitative estimate of drug-likeness (QED) is 0.326. The number of halogens is 2. The third-order valence-corrected chi connectivity index (χ3v) is 8.56. The van der Waals surface area contributed by atoms with Crippen molar-refractivity contribution in [1.82, 2.24) is 14.4 Å². The molecule has 1 fully saturated rings. The first-order valence-corrected chi connectivity index (χ1v) is 14.3. The van der Waals surface area contributed by atoms with Crippen molar-refractivity contribution in [3.8, 4) is 5.75 Å². The van der Waals surface area contributed by atoms with E-state index in [1.54, 1.807) is 25.3 Å². The van der Waals surface area contributed by atoms with E-state index in [2.05, 4.69) is 10.2 Å². The van der Waals surface area contributed by atoms with E-state index in [0.717, 1.165) is 10.9 Å². The van der Waals surface area contributed by atoms with E-state index >= 15 is 0 Å². The number of benzene rings is 3. The summed E-state index contributed by atoms with van der Waals surface area (Å²) in [6.07, 6.45) is 0.250. The zero-order chi connectivity index (χ0) is 28.7. The summed E-state index contributed by atoms with van der Waals surface area (Å²) < 4.78 is 7.45. The third kappa shape index (κ3) is 4.85. The maximum Gasteiger partial charge on any atom is 0.270 e. The van der Waals surface area contributed by atoms with Crippen LogP contribution < -0.4 is 10.1 Å². The fourth-order valence-electron chi connectivity index (χ4n) is 6.10. The van der Waals surface area contributed by atoms with Gasteiger partial charge in [0.15, 0.2) is 5.54 Å². The Hall–Kier alpha value is -3.56. The van der Waals surface area contributed by atoms with Gasteiger partial charge in [-0.05, 0) is 48.0 Å². The van der Waals surface area contributed by atoms with Crippen molar-refractivity contribution in [3.05, 3.63) is 93.6 Å². The number of carbonyl (C=O) groups excluding carboxylic acids is 2. The predicted molar refractivity (Wildman–Crippen MR) is 160 cm³/mol. The zero-order valence-corrected chi connectivity index (χ0v) is 24.1. The lowest BCUT2D eigenvalue weighted by molar-refractivity contribution is -0.121. The average Bonchev–Trinajstić information content (AvgIpc) is 3.47. The van der Waals surface area contributed by atoms with Gasteiger partial charge in [-0.15, -0.1) is 0 Å². The van der Waals surface area contributed by atoms with Gasteiger partial charge >= 0.3 is 0 Å². The van der Waals surface area contributed by atoms with Crippen molar-refractivity contribution in [1.29, 1.82) is 0 Å². The number of nitrogens with zero attached hydrogens (tertiary/aromatic N) is 3. The van der Waals surface area contributed by atoms with Crippen molar-refractivity contribution < 1.29 is 19.4 Å². The molecule has 1 unspecified atom stereocenters. The number of nitrogens with one attached hydrogen (secondary N) is 1. The average molecular weight is 594 g/mol. The van der Waals surface area contributed by atoms with Crippen molar-refractivity contribution in [3.63, 3.8) is 0 Å². The summed E-state index contributed by atoms with van der Waals surface area (Å²) in [5.41, 5.74) is 1.95. The highest BCUT2D eigenvalue weighted by molar-refractivity contribution is 6.31. The fraction of sp³-hybridized carbons (Fsp3) is 0.290. The zero-order valence-electron chi connectivity index (χ0n) is 22.6. The number of hydrogen-bond acceptors (Lipinski definition) is 5. The Morgan fingerprint density at radius 1 is 1.00 bits per heavy atom. The molecule has 3 heterocycles. The smallest absolute Gasteiger partial charge is 0.270 e. The van der Waals surface area contributed by atoms with Crippen LogP contribution in [-0.2, 0) is 16.8 Å². The number of aliphatic hydroxyl groups is 1. The van der Waals surface area contributed by atoms with E-state index in [9.17, 15) is 14.7 Å². The molecule has 6 rings (SSSR count). The van der Waals surface area contributed by atoms with Gasteiger partial charge in [-0.1, -0.05) is 41.4 Å². The van der Waals surface area contributed by atoms with Crippen molar-refractivity contribution in [2.75, 3.05) is 51.8 Å². The van der Waals surface area contributed by atoms with Gasteiger partial charge < -0.3 is 24.6 Å². The topological polar surface area (TPSA) is 87.0 Å². The number of piperazine rings is 1. The molecular formula is C31H30Cl2N4O4. The SMILES string of the molecule is COc1ccc2cc(C(=O)N3CCN(CCO)CC3)n(C3(Cc4cccc(Cl)c4)C(=O)Nc4cc(Cl)ccc43)c2c1. The summed E-state index contributed by atoms with van der Waals surface area (Å²) in [5, 5.41) is 14.3. The Morgan fingerprint density at radius 2 is 1.78 bits per heavy atom. The molecule has 10 heteroatoms. The van der Waals surface area contributed by atoms with Gasteiger partial charge in [0, 0.05) is 71.9 Å². The molecular weight excluding hydrogens is 563 g/mol. The second-order valence-electron chi connectivity index (χ2n) is 10.5. The molecule has 8 nitrogen and oxygen atoms in total. The maximum atomic E-state index is 14.3. The minimum absolute atomic E-state index is 0.0780. The number of methoxy groups -OCH3 is 1. The molecule has 0 spiro atoms. The molecule has 41 heavy (non-hydrogen) atoms. The fourth-order valence-corrected chi connectivity index (χ4v) is 6.49. The normalized spacial score (nSPS) is 18.9. The van der Waals surface area contributed by atoms with Crippen LogP contribution in [0.4, 0.5) is 5.69 Å². The van der Waals surface area contributed by atoms with Crippen LogP contribution >= 0.6 is 23.2 Å². The number of rotatable bonds is 7. The van der Waals surface area contributed by atoms with Gasteiger partial charge in [-0.3, -0.25) is 14.5 Å². The minimum atomic E-state index is -1.32. The number of anilines is 1. The summed E-state index contributed by atoms with van der Waals surface area (Å²) in [6.45, 7) is 3.01. The van der Waals surface area contributed by atoms with Gasteiger partial charge in [0.1, 0.15) is 11.4 Å². The largest absolute Gasteiger partial charge is 0.497 e. The summed E-state index contributed by atoms with van der Waals surface area (Å²) in [5.74, 6) is 0.183. The highest BCUT2D eigenvalue weighted by atomic mass is 35.5. The molecule has 212 valence electrons. The second-order valence-corrected chi connectivity index (χ2v) is 11.3. The van der Waals surface area contributed by atoms with Crippen LogP contribution in [0.5, 0.6) is 5.75 Å². The van der Waals surface area contributed by atoms with Crippen molar-refractivity contribution in [2.24, 2.45) is 0 Å². The molecule has 1 aromatic heterocycles. The first-order chi connectivity index (χ1) is 19.8. The molecule has 0 bridgehead atoms. The lowest BCUT2D eigenvalue weighted by Crippen LogP contribution is -2.51. The minimum Gasteiger partial charge on any atom is -0.497 e. The monoisotopic (exact) mass is 592 g/mol. The molecule has 1 saturated heterocycles. The number of amides is 2. The predicted octanol–water partition coefficient (Wildman–Crippen LogP) is 4.65. The third-order valence-electron chi connectivity index (χ3n) is 8.09. The van der Waals surface area contributed by atoms with Crippen LogP contribution in [0.15, 0.2) is 66.7 Å². The van der Waals surface area contributed by atoms with E-state index in [1.807, 2.05) is 58.0 Å². The highest BCUT2D eigenvalue weighted by Crippen LogP contribution is 2.46. The molecule has 0 radical (unpaired) electrons. The molecule has 2 aliphatic heterocycles. The molecule has 1 atom stereocenters. The van der Waals surface area contributed by atoms with E-state index in [-0.39, 0.29) is 24.8 Å². The van der Waals surface area contributed by atoms with E-state index in [4.69, 9.17) is 27.9 Å². The van der Waals surface area contributed by atoms with Gasteiger partial charge in [0.2, 0.25) is 0 Å². The van der Waals surface area contributed by atoms with Gasteiger partial charge in [-0.25, -0.2) is 0 Å². The maximum absolute atomic E-state index is 14.3. The number of aromatic nitrogens is 1. The van der Waals surface area contributed by atoms with Crippen LogP contribution in [0, 0.1) is 0 Å². The first kappa shape index (κ1) is 27.6. The first-order valence-electron chi connectivity index (χ1n) is 13.5. The van der Waals surface area contributed by atoms with E-state index in [1.165, 1.54) is 0 Å². The lowest BCUT2D eigenvalue weighted by atomic mass is 9.83. The van der Waals surface area contributed by atoms with Crippen molar-refractivity contribution >= 4 is 51.6 Å². The lowest BCUT2D eigenvalue weighted by Gasteiger charge is -2.36. The second kappa shape index (κ2) is 11.0. The molecule has 2 N–H and O–H groups in total. The van der Waals surface area contributed by atoms with Crippen molar-refractivity contribution in [2.45, 2.75) is 12.0 Å². The number of carbonyl (C=O) groups is 2. The van der Waals surface area contributed by atoms with Gasteiger partial charge in [0.25, 0.3) is 11.8 Å². The standard InChI is InChI=1S/C31H30Cl2N4O4/c1-41-24-7-5-21-16-28(29(39)36-11-9-35(10-12-36)13-14-38)37(27(21)18-24)31(19-20-3-2-4-22(32)15-20)25-8-6-23(33)17-26(25)34-30(31)40/h2-8,15-18,38H,9-14,19H2,1H3,(H,34,40). The molecule has 4 aromatic rings. The highest BCUT2D eigenvalue weighted by Gasteiger charge is 2.51. The van der Waals surface area contributed by atoms with Crippen LogP contribution in [0.1, 0.15) is 21.6 Å². The van der Waals surface area contributed by atoms with E-state index in [0.29, 0.717) is 71.0 Å². The van der Waals surface area contributed by atoms with E-state index < -0.39 is 5.54 Å². The number of fused-ring (bicyclic) bond motifs is 2. The number of ether oxygens (including phenoxy) is 1. The Balaban J connectivity index is 1.58. The summed E-state index contributed by atoms with van der Waals surface area (Å²) in [6, 6.07) is 20.3.